The summed E-state index contributed by atoms with van der Waals surface area (Å²) in [5.41, 5.74) is 3.95. The number of nitrogens with zero attached hydrogens (tertiary/aromatic N) is 3. The van der Waals surface area contributed by atoms with E-state index in [0.717, 1.165) is 28.4 Å². The quantitative estimate of drug-likeness (QED) is 0.553. The molecule has 0 spiro atoms. The summed E-state index contributed by atoms with van der Waals surface area (Å²) in [6.07, 6.45) is 5.48. The molecule has 0 aliphatic carbocycles. The van der Waals surface area contributed by atoms with E-state index in [9.17, 15) is 0 Å². The average molecular weight is 356 g/mol. The van der Waals surface area contributed by atoms with Crippen LogP contribution in [0.5, 0.6) is 5.75 Å². The van der Waals surface area contributed by atoms with E-state index in [1.54, 1.807) is 13.3 Å². The molecule has 2 heterocycles. The van der Waals surface area contributed by atoms with Crippen LogP contribution >= 0.6 is 0 Å². The fourth-order valence-electron chi connectivity index (χ4n) is 3.03. The Balaban J connectivity index is 1.74. The third-order valence-electron chi connectivity index (χ3n) is 4.32. The van der Waals surface area contributed by atoms with E-state index in [2.05, 4.69) is 33.6 Å². The topological polar surface area (TPSA) is 52.0 Å². The van der Waals surface area contributed by atoms with E-state index >= 15 is 0 Å². The zero-order chi connectivity index (χ0) is 18.5. The van der Waals surface area contributed by atoms with Crippen molar-refractivity contribution in [3.8, 4) is 11.4 Å². The van der Waals surface area contributed by atoms with Crippen LogP contribution in [0.25, 0.3) is 5.69 Å². The fourth-order valence-corrected chi connectivity index (χ4v) is 3.03. The van der Waals surface area contributed by atoms with E-state index in [1.807, 2.05) is 71.7 Å². The highest BCUT2D eigenvalue weighted by atomic mass is 16.5. The Morgan fingerprint density at radius 2 is 1.78 bits per heavy atom. The summed E-state index contributed by atoms with van der Waals surface area (Å²) in [5, 5.41) is 7.92. The molecule has 0 saturated carbocycles. The predicted octanol–water partition coefficient (Wildman–Crippen LogP) is 4.48. The molecule has 0 saturated heterocycles. The minimum atomic E-state index is -0.0787. The molecule has 4 rings (SSSR count). The molecule has 0 radical (unpaired) electrons. The maximum atomic E-state index is 5.49. The lowest BCUT2D eigenvalue weighted by molar-refractivity contribution is 0.414. The number of aromatic nitrogens is 3. The van der Waals surface area contributed by atoms with Gasteiger partial charge in [0.25, 0.3) is 0 Å². The van der Waals surface area contributed by atoms with Gasteiger partial charge in [0.2, 0.25) is 0 Å². The van der Waals surface area contributed by atoms with Gasteiger partial charge in [-0.3, -0.25) is 4.98 Å². The van der Waals surface area contributed by atoms with Crippen LogP contribution in [0.1, 0.15) is 17.3 Å². The van der Waals surface area contributed by atoms with E-state index in [-0.39, 0.29) is 6.04 Å². The zero-order valence-corrected chi connectivity index (χ0v) is 15.0. The molecule has 4 aromatic rings. The lowest BCUT2D eigenvalue weighted by Crippen LogP contribution is -2.14. The molecule has 0 aliphatic heterocycles. The highest BCUT2D eigenvalue weighted by Crippen LogP contribution is 2.29. The SMILES string of the molecule is COc1cc(N[C@H](c2ccccc2)c2ccccn2)cc(-n2cccn2)c1. The normalized spacial score (nSPS) is 11.7. The van der Waals surface area contributed by atoms with Crippen molar-refractivity contribution < 1.29 is 4.74 Å². The Morgan fingerprint density at radius 3 is 2.48 bits per heavy atom. The lowest BCUT2D eigenvalue weighted by atomic mass is 10.0. The number of hydrogen-bond donors (Lipinski definition) is 1. The molecule has 0 aliphatic rings. The number of nitrogens with one attached hydrogen (secondary N) is 1. The largest absolute Gasteiger partial charge is 0.497 e. The standard InChI is InChI=1S/C22H20N4O/c1-27-20-15-18(14-19(16-20)26-13-7-12-24-26)25-22(17-8-3-2-4-9-17)21-10-5-6-11-23-21/h2-16,22,25H,1H3/t22-/m1/s1. The summed E-state index contributed by atoms with van der Waals surface area (Å²) in [7, 11) is 1.67. The second kappa shape index (κ2) is 7.74. The van der Waals surface area contributed by atoms with Crippen molar-refractivity contribution in [1.29, 1.82) is 0 Å². The van der Waals surface area contributed by atoms with Gasteiger partial charge < -0.3 is 10.1 Å². The van der Waals surface area contributed by atoms with Crippen LogP contribution in [0.15, 0.2) is 91.4 Å². The molecule has 5 nitrogen and oxygen atoms in total. The molecule has 0 bridgehead atoms. The van der Waals surface area contributed by atoms with Crippen LogP contribution in [0.2, 0.25) is 0 Å². The molecule has 1 N–H and O–H groups in total. The van der Waals surface area contributed by atoms with Gasteiger partial charge in [-0.1, -0.05) is 36.4 Å². The number of rotatable bonds is 6. The molecule has 27 heavy (non-hydrogen) atoms. The maximum Gasteiger partial charge on any atom is 0.123 e. The van der Waals surface area contributed by atoms with Crippen LogP contribution in [0.3, 0.4) is 0 Å². The number of ether oxygens (including phenoxy) is 1. The van der Waals surface area contributed by atoms with Crippen LogP contribution in [-0.4, -0.2) is 21.9 Å². The Bertz CT molecular complexity index is 946. The van der Waals surface area contributed by atoms with Gasteiger partial charge in [0.1, 0.15) is 5.75 Å². The Labute approximate surface area is 158 Å². The summed E-state index contributed by atoms with van der Waals surface area (Å²) in [6, 6.07) is 24.0. The third-order valence-corrected chi connectivity index (χ3v) is 4.32. The van der Waals surface area contributed by atoms with Gasteiger partial charge in [-0.2, -0.15) is 5.10 Å². The van der Waals surface area contributed by atoms with Gasteiger partial charge >= 0.3 is 0 Å². The first kappa shape index (κ1) is 16.8. The molecule has 5 heteroatoms. The predicted molar refractivity (Wildman–Crippen MR) is 106 cm³/mol. The van der Waals surface area contributed by atoms with Crippen LogP contribution in [-0.2, 0) is 0 Å². The Kier molecular flexibility index (Phi) is 4.83. The highest BCUT2D eigenvalue weighted by Gasteiger charge is 2.16. The van der Waals surface area contributed by atoms with Gasteiger partial charge in [-0.25, -0.2) is 4.68 Å². The number of hydrogen-bond acceptors (Lipinski definition) is 4. The van der Waals surface area contributed by atoms with E-state index in [0.29, 0.717) is 0 Å². The van der Waals surface area contributed by atoms with Crippen molar-refractivity contribution in [2.45, 2.75) is 6.04 Å². The van der Waals surface area contributed by atoms with E-state index in [1.165, 1.54) is 0 Å². The summed E-state index contributed by atoms with van der Waals surface area (Å²) in [5.74, 6) is 0.762. The van der Waals surface area contributed by atoms with Crippen molar-refractivity contribution in [3.63, 3.8) is 0 Å². The highest BCUT2D eigenvalue weighted by molar-refractivity contribution is 5.58. The van der Waals surface area contributed by atoms with Gasteiger partial charge in [0.15, 0.2) is 0 Å². The van der Waals surface area contributed by atoms with Crippen molar-refractivity contribution in [2.75, 3.05) is 12.4 Å². The first-order valence-corrected chi connectivity index (χ1v) is 8.75. The minimum Gasteiger partial charge on any atom is -0.497 e. The fraction of sp³-hybridized carbons (Fsp3) is 0.0909. The first-order valence-electron chi connectivity index (χ1n) is 8.75. The zero-order valence-electron chi connectivity index (χ0n) is 15.0. The Hall–Kier alpha value is -3.60. The first-order chi connectivity index (χ1) is 13.3. The molecular weight excluding hydrogens is 336 g/mol. The van der Waals surface area contributed by atoms with Crippen LogP contribution < -0.4 is 10.1 Å². The summed E-state index contributed by atoms with van der Waals surface area (Å²) in [6.45, 7) is 0. The minimum absolute atomic E-state index is 0.0787. The molecule has 0 unspecified atom stereocenters. The van der Waals surface area contributed by atoms with Gasteiger partial charge in [0.05, 0.1) is 24.5 Å². The van der Waals surface area contributed by atoms with Crippen LogP contribution in [0.4, 0.5) is 5.69 Å². The van der Waals surface area contributed by atoms with Gasteiger partial charge in [0, 0.05) is 36.4 Å². The number of anilines is 1. The average Bonchev–Trinajstić information content (AvgIpc) is 3.28. The molecule has 0 fully saturated rings. The second-order valence-corrected chi connectivity index (χ2v) is 6.11. The lowest BCUT2D eigenvalue weighted by Gasteiger charge is -2.21. The molecule has 134 valence electrons. The number of pyridine rings is 1. The third kappa shape index (κ3) is 3.82. The number of methoxy groups -OCH3 is 1. The van der Waals surface area contributed by atoms with Gasteiger partial charge in [-0.15, -0.1) is 0 Å². The monoisotopic (exact) mass is 356 g/mol. The van der Waals surface area contributed by atoms with E-state index in [4.69, 9.17) is 4.74 Å². The summed E-state index contributed by atoms with van der Waals surface area (Å²) >= 11 is 0. The second-order valence-electron chi connectivity index (χ2n) is 6.11. The molecule has 1 atom stereocenters. The number of benzene rings is 2. The smallest absolute Gasteiger partial charge is 0.123 e. The summed E-state index contributed by atoms with van der Waals surface area (Å²) in [4.78, 5) is 4.56. The molecular formula is C22H20N4O. The van der Waals surface area contributed by atoms with Crippen molar-refractivity contribution in [1.82, 2.24) is 14.8 Å². The van der Waals surface area contributed by atoms with E-state index < -0.39 is 0 Å². The molecule has 0 amide bonds. The molecule has 2 aromatic heterocycles. The van der Waals surface area contributed by atoms with Crippen LogP contribution in [0, 0.1) is 0 Å². The maximum absolute atomic E-state index is 5.49. The Morgan fingerprint density at radius 1 is 0.926 bits per heavy atom. The summed E-state index contributed by atoms with van der Waals surface area (Å²) < 4.78 is 7.30. The van der Waals surface area contributed by atoms with Crippen molar-refractivity contribution in [2.24, 2.45) is 0 Å². The molecule has 2 aromatic carbocycles. The van der Waals surface area contributed by atoms with Crippen molar-refractivity contribution >= 4 is 5.69 Å². The van der Waals surface area contributed by atoms with Crippen molar-refractivity contribution in [3.05, 3.63) is 103 Å². The van der Waals surface area contributed by atoms with Gasteiger partial charge in [-0.05, 0) is 29.8 Å².